The van der Waals surface area contributed by atoms with Gasteiger partial charge in [-0.15, -0.1) is 0 Å². The Morgan fingerprint density at radius 1 is 1.38 bits per heavy atom. The second-order valence-electron chi connectivity index (χ2n) is 5.96. The minimum Gasteiger partial charge on any atom is -0.335 e. The molecule has 3 rings (SSSR count). The highest BCUT2D eigenvalue weighted by atomic mass is 16.1. The Balaban J connectivity index is 1.73. The van der Waals surface area contributed by atoms with E-state index >= 15 is 0 Å². The Morgan fingerprint density at radius 3 is 3.00 bits per heavy atom. The smallest absolute Gasteiger partial charge is 0.228 e. The highest BCUT2D eigenvalue weighted by Gasteiger charge is 2.25. The van der Waals surface area contributed by atoms with Crippen LogP contribution in [-0.4, -0.2) is 15.5 Å². The molecule has 4 nitrogen and oxygen atoms in total. The average Bonchev–Trinajstić information content (AvgIpc) is 2.94. The van der Waals surface area contributed by atoms with E-state index in [1.807, 2.05) is 30.6 Å². The molecule has 1 atom stereocenters. The predicted octanol–water partition coefficient (Wildman–Crippen LogP) is 3.21. The zero-order chi connectivity index (χ0) is 14.8. The first kappa shape index (κ1) is 13.9. The summed E-state index contributed by atoms with van der Waals surface area (Å²) in [6.45, 7) is 5.16. The molecule has 1 aromatic carbocycles. The van der Waals surface area contributed by atoms with Crippen LogP contribution in [-0.2, 0) is 17.8 Å². The van der Waals surface area contributed by atoms with Gasteiger partial charge in [-0.3, -0.25) is 4.79 Å². The quantitative estimate of drug-likeness (QED) is 0.940. The topological polar surface area (TPSA) is 46.9 Å². The number of hydrogen-bond acceptors (Lipinski definition) is 2. The minimum atomic E-state index is 0.0140. The number of rotatable bonds is 3. The van der Waals surface area contributed by atoms with E-state index < -0.39 is 0 Å². The fourth-order valence-electron chi connectivity index (χ4n) is 2.92. The van der Waals surface area contributed by atoms with Crippen molar-refractivity contribution in [2.24, 2.45) is 5.92 Å². The molecule has 1 aromatic heterocycles. The van der Waals surface area contributed by atoms with E-state index in [2.05, 4.69) is 34.8 Å². The molecule has 1 aliphatic rings. The molecule has 0 fully saturated rings. The molecule has 0 spiro atoms. The van der Waals surface area contributed by atoms with E-state index in [0.29, 0.717) is 5.92 Å². The maximum atomic E-state index is 12.5. The van der Waals surface area contributed by atoms with Crippen molar-refractivity contribution in [2.75, 3.05) is 5.32 Å². The van der Waals surface area contributed by atoms with E-state index in [-0.39, 0.29) is 11.8 Å². The van der Waals surface area contributed by atoms with Crippen LogP contribution in [0.2, 0.25) is 0 Å². The number of aromatic nitrogens is 2. The van der Waals surface area contributed by atoms with Crippen LogP contribution >= 0.6 is 0 Å². The van der Waals surface area contributed by atoms with Crippen molar-refractivity contribution in [2.45, 2.75) is 39.2 Å². The van der Waals surface area contributed by atoms with Crippen molar-refractivity contribution < 1.29 is 4.79 Å². The number of nitrogens with one attached hydrogen (secondary N) is 1. The maximum absolute atomic E-state index is 12.5. The predicted molar refractivity (Wildman–Crippen MR) is 83.2 cm³/mol. The molecule has 0 radical (unpaired) electrons. The standard InChI is InChI=1S/C17H21N3O/c1-12(2)14-5-3-4-6-15(14)19-17(21)13-7-9-20-10-8-18-16(20)11-13/h3-6,8,10,12-13H,7,9,11H2,1-2H3,(H,19,21). The van der Waals surface area contributed by atoms with Gasteiger partial charge < -0.3 is 9.88 Å². The summed E-state index contributed by atoms with van der Waals surface area (Å²) in [7, 11) is 0. The number of fused-ring (bicyclic) bond motifs is 1. The summed E-state index contributed by atoms with van der Waals surface area (Å²) in [4.78, 5) is 16.9. The largest absolute Gasteiger partial charge is 0.335 e. The lowest BCUT2D eigenvalue weighted by molar-refractivity contribution is -0.120. The summed E-state index contributed by atoms with van der Waals surface area (Å²) in [5, 5.41) is 3.11. The number of imidazole rings is 1. The van der Waals surface area contributed by atoms with E-state index in [1.165, 1.54) is 5.56 Å². The number of hydrogen-bond donors (Lipinski definition) is 1. The van der Waals surface area contributed by atoms with Gasteiger partial charge in [-0.2, -0.15) is 0 Å². The molecule has 1 N–H and O–H groups in total. The van der Waals surface area contributed by atoms with Crippen LogP contribution in [0.3, 0.4) is 0 Å². The summed E-state index contributed by atoms with van der Waals surface area (Å²) < 4.78 is 2.13. The van der Waals surface area contributed by atoms with E-state index in [4.69, 9.17) is 0 Å². The molecular weight excluding hydrogens is 262 g/mol. The molecule has 0 aliphatic carbocycles. The molecule has 0 saturated carbocycles. The lowest BCUT2D eigenvalue weighted by atomic mass is 9.96. The van der Waals surface area contributed by atoms with Gasteiger partial charge in [0.25, 0.3) is 0 Å². The Kier molecular flexibility index (Phi) is 3.78. The number of carbonyl (C=O) groups excluding carboxylic acids is 1. The monoisotopic (exact) mass is 283 g/mol. The van der Waals surface area contributed by atoms with Gasteiger partial charge in [-0.05, 0) is 24.0 Å². The third-order valence-electron chi connectivity index (χ3n) is 4.16. The number of para-hydroxylation sites is 1. The van der Waals surface area contributed by atoms with Gasteiger partial charge in [-0.1, -0.05) is 32.0 Å². The lowest BCUT2D eigenvalue weighted by Crippen LogP contribution is -2.30. The van der Waals surface area contributed by atoms with E-state index in [1.54, 1.807) is 0 Å². The summed E-state index contributed by atoms with van der Waals surface area (Å²) in [6.07, 6.45) is 5.39. The highest BCUT2D eigenvalue weighted by molar-refractivity contribution is 5.93. The molecule has 2 aromatic rings. The Labute approximate surface area is 125 Å². The van der Waals surface area contributed by atoms with Gasteiger partial charge in [0.05, 0.1) is 0 Å². The normalized spacial score (nSPS) is 17.6. The third kappa shape index (κ3) is 2.84. The molecule has 0 saturated heterocycles. The second-order valence-corrected chi connectivity index (χ2v) is 5.96. The van der Waals surface area contributed by atoms with Crippen LogP contribution in [0.15, 0.2) is 36.7 Å². The Bertz CT molecular complexity index is 645. The highest BCUT2D eigenvalue weighted by Crippen LogP contribution is 2.26. The number of aryl methyl sites for hydroxylation is 1. The summed E-state index contributed by atoms with van der Waals surface area (Å²) in [5.41, 5.74) is 2.12. The number of benzene rings is 1. The summed E-state index contributed by atoms with van der Waals surface area (Å²) in [5.74, 6) is 1.53. The van der Waals surface area contributed by atoms with Crippen molar-refractivity contribution in [1.29, 1.82) is 0 Å². The van der Waals surface area contributed by atoms with Crippen molar-refractivity contribution in [3.05, 3.63) is 48.0 Å². The van der Waals surface area contributed by atoms with Gasteiger partial charge in [-0.25, -0.2) is 4.98 Å². The SMILES string of the molecule is CC(C)c1ccccc1NC(=O)C1CCn2ccnc2C1. The van der Waals surface area contributed by atoms with Crippen molar-refractivity contribution in [3.63, 3.8) is 0 Å². The molecule has 4 heteroatoms. The first-order valence-corrected chi connectivity index (χ1v) is 7.55. The summed E-state index contributed by atoms with van der Waals surface area (Å²) in [6, 6.07) is 8.04. The zero-order valence-corrected chi connectivity index (χ0v) is 12.5. The fraction of sp³-hybridized carbons (Fsp3) is 0.412. The van der Waals surface area contributed by atoms with Crippen LogP contribution in [0, 0.1) is 5.92 Å². The van der Waals surface area contributed by atoms with Crippen LogP contribution in [0.4, 0.5) is 5.69 Å². The van der Waals surface area contributed by atoms with Crippen LogP contribution in [0.25, 0.3) is 0 Å². The summed E-state index contributed by atoms with van der Waals surface area (Å²) >= 11 is 0. The minimum absolute atomic E-state index is 0.0140. The molecule has 21 heavy (non-hydrogen) atoms. The fourth-order valence-corrected chi connectivity index (χ4v) is 2.92. The average molecular weight is 283 g/mol. The Hall–Kier alpha value is -2.10. The third-order valence-corrected chi connectivity index (χ3v) is 4.16. The first-order chi connectivity index (χ1) is 10.1. The van der Waals surface area contributed by atoms with Crippen molar-refractivity contribution in [1.82, 2.24) is 9.55 Å². The number of carbonyl (C=O) groups is 1. The van der Waals surface area contributed by atoms with Crippen molar-refractivity contribution in [3.8, 4) is 0 Å². The molecule has 2 heterocycles. The second kappa shape index (κ2) is 5.72. The van der Waals surface area contributed by atoms with E-state index in [0.717, 1.165) is 30.9 Å². The van der Waals surface area contributed by atoms with Gasteiger partial charge in [0.1, 0.15) is 5.82 Å². The van der Waals surface area contributed by atoms with Gasteiger partial charge in [0.15, 0.2) is 0 Å². The zero-order valence-electron chi connectivity index (χ0n) is 12.5. The van der Waals surface area contributed by atoms with Crippen LogP contribution in [0.5, 0.6) is 0 Å². The van der Waals surface area contributed by atoms with Gasteiger partial charge in [0.2, 0.25) is 5.91 Å². The molecule has 1 amide bonds. The van der Waals surface area contributed by atoms with Gasteiger partial charge in [0, 0.05) is 37.0 Å². The van der Waals surface area contributed by atoms with Crippen LogP contribution < -0.4 is 5.32 Å². The maximum Gasteiger partial charge on any atom is 0.228 e. The van der Waals surface area contributed by atoms with Crippen LogP contribution in [0.1, 0.15) is 37.6 Å². The van der Waals surface area contributed by atoms with Gasteiger partial charge >= 0.3 is 0 Å². The van der Waals surface area contributed by atoms with E-state index in [9.17, 15) is 4.79 Å². The number of nitrogens with zero attached hydrogens (tertiary/aromatic N) is 2. The van der Waals surface area contributed by atoms with Crippen molar-refractivity contribution >= 4 is 11.6 Å². The molecule has 1 aliphatic heterocycles. The lowest BCUT2D eigenvalue weighted by Gasteiger charge is -2.23. The molecule has 1 unspecified atom stereocenters. The molecular formula is C17H21N3O. The number of anilines is 1. The first-order valence-electron chi connectivity index (χ1n) is 7.55. The number of amides is 1. The molecule has 0 bridgehead atoms. The molecule has 110 valence electrons. The Morgan fingerprint density at radius 2 is 2.19 bits per heavy atom.